The third kappa shape index (κ3) is 6.34. The molecule has 2 rings (SSSR count). The van der Waals surface area contributed by atoms with Gasteiger partial charge in [-0.25, -0.2) is 0 Å². The third-order valence-electron chi connectivity index (χ3n) is 5.82. The summed E-state index contributed by atoms with van der Waals surface area (Å²) in [6.45, 7) is 6.92. The fourth-order valence-electron chi connectivity index (χ4n) is 4.22. The molecule has 1 aromatic rings. The lowest BCUT2D eigenvalue weighted by atomic mass is 9.83. The Labute approximate surface area is 181 Å². The van der Waals surface area contributed by atoms with E-state index in [1.165, 1.54) is 42.6 Å². The predicted molar refractivity (Wildman–Crippen MR) is 123 cm³/mol. The maximum absolute atomic E-state index is 5.34. The molecule has 0 radical (unpaired) electrons. The summed E-state index contributed by atoms with van der Waals surface area (Å²) in [6, 6.07) is 0. The van der Waals surface area contributed by atoms with Crippen LogP contribution in [-0.4, -0.2) is 43.0 Å². The molecule has 0 atom stereocenters. The van der Waals surface area contributed by atoms with E-state index in [1.807, 2.05) is 18.8 Å². The molecule has 1 fully saturated rings. The summed E-state index contributed by atoms with van der Waals surface area (Å²) in [6.07, 6.45) is 8.28. The summed E-state index contributed by atoms with van der Waals surface area (Å²) in [5.74, 6) is 0.877. The van der Waals surface area contributed by atoms with E-state index in [1.54, 1.807) is 7.11 Å². The summed E-state index contributed by atoms with van der Waals surface area (Å²) in [4.78, 5) is 4.43. The summed E-state index contributed by atoms with van der Waals surface area (Å²) in [7, 11) is 5.67. The standard InChI is InChI=1S/C20H37N5O.HI/c1-6-17-16(18(7-2)25(4)24-17)14-22-19(21-3)23-15-20(12-13-26-5)10-8-9-11-20;/h6-15H2,1-5H3,(H2,21,22,23);1H. The first-order chi connectivity index (χ1) is 12.6. The highest BCUT2D eigenvalue weighted by molar-refractivity contribution is 14.0. The molecule has 1 aliphatic rings. The molecular weight excluding hydrogens is 453 g/mol. The van der Waals surface area contributed by atoms with Gasteiger partial charge in [-0.2, -0.15) is 5.10 Å². The van der Waals surface area contributed by atoms with E-state index >= 15 is 0 Å². The van der Waals surface area contributed by atoms with Gasteiger partial charge in [-0.05, 0) is 37.5 Å². The zero-order chi connectivity index (χ0) is 19.0. The second kappa shape index (κ2) is 11.9. The van der Waals surface area contributed by atoms with Gasteiger partial charge < -0.3 is 15.4 Å². The maximum atomic E-state index is 5.34. The molecule has 0 spiro atoms. The number of halogens is 1. The quantitative estimate of drug-likeness (QED) is 0.316. The Morgan fingerprint density at radius 3 is 2.48 bits per heavy atom. The first-order valence-electron chi connectivity index (χ1n) is 10.1. The highest BCUT2D eigenvalue weighted by Gasteiger charge is 2.33. The van der Waals surface area contributed by atoms with Gasteiger partial charge in [0.2, 0.25) is 0 Å². The van der Waals surface area contributed by atoms with Crippen LogP contribution in [0.25, 0.3) is 0 Å². The molecule has 1 saturated carbocycles. The van der Waals surface area contributed by atoms with Crippen molar-refractivity contribution in [3.05, 3.63) is 17.0 Å². The molecular formula is C20H38IN5O. The molecule has 156 valence electrons. The fourth-order valence-corrected chi connectivity index (χ4v) is 4.22. The normalized spacial score (nSPS) is 16.3. The van der Waals surface area contributed by atoms with Crippen LogP contribution in [0.5, 0.6) is 0 Å². The zero-order valence-electron chi connectivity index (χ0n) is 17.7. The number of methoxy groups -OCH3 is 1. The highest BCUT2D eigenvalue weighted by Crippen LogP contribution is 2.40. The summed E-state index contributed by atoms with van der Waals surface area (Å²) in [5, 5.41) is 11.7. The van der Waals surface area contributed by atoms with Gasteiger partial charge in [0.15, 0.2) is 5.96 Å². The second-order valence-corrected chi connectivity index (χ2v) is 7.43. The Morgan fingerprint density at radius 1 is 1.22 bits per heavy atom. The van der Waals surface area contributed by atoms with Crippen LogP contribution in [0, 0.1) is 5.41 Å². The largest absolute Gasteiger partial charge is 0.385 e. The Morgan fingerprint density at radius 2 is 1.93 bits per heavy atom. The third-order valence-corrected chi connectivity index (χ3v) is 5.82. The number of guanidine groups is 1. The van der Waals surface area contributed by atoms with E-state index in [-0.39, 0.29) is 24.0 Å². The number of aliphatic imine (C=N–C) groups is 1. The molecule has 0 saturated heterocycles. The van der Waals surface area contributed by atoms with Crippen LogP contribution < -0.4 is 10.6 Å². The number of ether oxygens (including phenoxy) is 1. The average molecular weight is 491 g/mol. The molecule has 27 heavy (non-hydrogen) atoms. The van der Waals surface area contributed by atoms with Crippen molar-refractivity contribution < 1.29 is 4.74 Å². The molecule has 7 heteroatoms. The Hall–Kier alpha value is -0.830. The minimum Gasteiger partial charge on any atom is -0.385 e. The number of hydrogen-bond donors (Lipinski definition) is 2. The molecule has 0 aromatic carbocycles. The van der Waals surface area contributed by atoms with Crippen molar-refractivity contribution in [2.45, 2.75) is 65.3 Å². The lowest BCUT2D eigenvalue weighted by Gasteiger charge is -2.30. The fraction of sp³-hybridized carbons (Fsp3) is 0.800. The van der Waals surface area contributed by atoms with Crippen molar-refractivity contribution in [3.63, 3.8) is 0 Å². The highest BCUT2D eigenvalue weighted by atomic mass is 127. The number of rotatable bonds is 9. The van der Waals surface area contributed by atoms with Crippen LogP contribution in [0.1, 0.15) is 62.9 Å². The van der Waals surface area contributed by atoms with E-state index < -0.39 is 0 Å². The van der Waals surface area contributed by atoms with Crippen molar-refractivity contribution in [1.29, 1.82) is 0 Å². The van der Waals surface area contributed by atoms with E-state index in [0.29, 0.717) is 5.41 Å². The van der Waals surface area contributed by atoms with Crippen LogP contribution in [-0.2, 0) is 31.2 Å². The summed E-state index contributed by atoms with van der Waals surface area (Å²) < 4.78 is 7.36. The van der Waals surface area contributed by atoms with Crippen LogP contribution in [0.2, 0.25) is 0 Å². The number of aryl methyl sites for hydroxylation is 2. The van der Waals surface area contributed by atoms with Crippen molar-refractivity contribution in [2.75, 3.05) is 27.3 Å². The molecule has 6 nitrogen and oxygen atoms in total. The molecule has 1 heterocycles. The molecule has 0 aliphatic heterocycles. The summed E-state index contributed by atoms with van der Waals surface area (Å²) >= 11 is 0. The van der Waals surface area contributed by atoms with Crippen molar-refractivity contribution >= 4 is 29.9 Å². The van der Waals surface area contributed by atoms with Gasteiger partial charge in [0, 0.05) is 52.2 Å². The van der Waals surface area contributed by atoms with E-state index in [2.05, 4.69) is 34.6 Å². The van der Waals surface area contributed by atoms with Gasteiger partial charge in [-0.3, -0.25) is 9.67 Å². The van der Waals surface area contributed by atoms with Crippen LogP contribution >= 0.6 is 24.0 Å². The van der Waals surface area contributed by atoms with Crippen LogP contribution in [0.15, 0.2) is 4.99 Å². The van der Waals surface area contributed by atoms with Crippen molar-refractivity contribution in [2.24, 2.45) is 17.5 Å². The van der Waals surface area contributed by atoms with Gasteiger partial charge in [0.25, 0.3) is 0 Å². The molecule has 1 aromatic heterocycles. The Kier molecular flexibility index (Phi) is 10.7. The van der Waals surface area contributed by atoms with Crippen molar-refractivity contribution in [1.82, 2.24) is 20.4 Å². The Balaban J connectivity index is 0.00000364. The number of hydrogen-bond acceptors (Lipinski definition) is 3. The molecule has 2 N–H and O–H groups in total. The molecule has 1 aliphatic carbocycles. The van der Waals surface area contributed by atoms with Gasteiger partial charge >= 0.3 is 0 Å². The topological polar surface area (TPSA) is 63.5 Å². The number of nitrogens with one attached hydrogen (secondary N) is 2. The van der Waals surface area contributed by atoms with E-state index in [9.17, 15) is 0 Å². The first kappa shape index (κ1) is 24.2. The van der Waals surface area contributed by atoms with Gasteiger partial charge in [0.1, 0.15) is 0 Å². The van der Waals surface area contributed by atoms with Crippen molar-refractivity contribution in [3.8, 4) is 0 Å². The van der Waals surface area contributed by atoms with Gasteiger partial charge in [-0.15, -0.1) is 24.0 Å². The number of nitrogens with zero attached hydrogens (tertiary/aromatic N) is 3. The minimum atomic E-state index is 0. The molecule has 0 amide bonds. The minimum absolute atomic E-state index is 0. The monoisotopic (exact) mass is 491 g/mol. The SMILES string of the molecule is CCc1nn(C)c(CC)c1CNC(=NC)NCC1(CCOC)CCCC1.I. The molecule has 0 unspecified atom stereocenters. The van der Waals surface area contributed by atoms with Gasteiger partial charge in [-0.1, -0.05) is 26.7 Å². The zero-order valence-corrected chi connectivity index (χ0v) is 20.1. The van der Waals surface area contributed by atoms with Crippen LogP contribution in [0.3, 0.4) is 0 Å². The Bertz CT molecular complexity index is 593. The lowest BCUT2D eigenvalue weighted by Crippen LogP contribution is -2.43. The smallest absolute Gasteiger partial charge is 0.191 e. The average Bonchev–Trinajstić information content (AvgIpc) is 3.24. The summed E-state index contributed by atoms with van der Waals surface area (Å²) in [5.41, 5.74) is 4.15. The van der Waals surface area contributed by atoms with Gasteiger partial charge in [0.05, 0.1) is 5.69 Å². The lowest BCUT2D eigenvalue weighted by molar-refractivity contribution is 0.138. The van der Waals surface area contributed by atoms with E-state index in [0.717, 1.165) is 44.9 Å². The predicted octanol–water partition coefficient (Wildman–Crippen LogP) is 3.42. The molecule has 0 bridgehead atoms. The van der Waals surface area contributed by atoms with Crippen LogP contribution in [0.4, 0.5) is 0 Å². The second-order valence-electron chi connectivity index (χ2n) is 7.43. The number of aromatic nitrogens is 2. The maximum Gasteiger partial charge on any atom is 0.191 e. The van der Waals surface area contributed by atoms with E-state index in [4.69, 9.17) is 4.74 Å². The first-order valence-corrected chi connectivity index (χ1v) is 10.1.